The predicted octanol–water partition coefficient (Wildman–Crippen LogP) is 4.95. The van der Waals surface area contributed by atoms with Crippen molar-refractivity contribution in [3.8, 4) is 0 Å². The largest absolute Gasteiger partial charge is 0.397 e. The molecule has 32 heavy (non-hydrogen) atoms. The average molecular weight is 543 g/mol. The van der Waals surface area contributed by atoms with Crippen LogP contribution in [-0.2, 0) is 12.8 Å². The van der Waals surface area contributed by atoms with Crippen LogP contribution in [0.4, 0.5) is 22.7 Å². The lowest BCUT2D eigenvalue weighted by atomic mass is 10.1. The van der Waals surface area contributed by atoms with Gasteiger partial charge in [-0.3, -0.25) is 0 Å². The summed E-state index contributed by atoms with van der Waals surface area (Å²) in [5.41, 5.74) is 18.4. The van der Waals surface area contributed by atoms with E-state index in [4.69, 9.17) is 11.5 Å². The van der Waals surface area contributed by atoms with E-state index in [-0.39, 0.29) is 37.2 Å². The summed E-state index contributed by atoms with van der Waals surface area (Å²) in [5.74, 6) is 1.64. The monoisotopic (exact) mass is 541 g/mol. The minimum atomic E-state index is 0. The summed E-state index contributed by atoms with van der Waals surface area (Å²) in [6.45, 7) is 3.74. The van der Waals surface area contributed by atoms with E-state index in [2.05, 4.69) is 53.3 Å². The highest BCUT2D eigenvalue weighted by atomic mass is 35.5. The van der Waals surface area contributed by atoms with Crippen molar-refractivity contribution in [1.29, 1.82) is 0 Å². The number of nitrogens with two attached hydrogens (primary N) is 2. The molecule has 7 N–H and O–H groups in total. The molecule has 2 aromatic rings. The van der Waals surface area contributed by atoms with Gasteiger partial charge in [0.15, 0.2) is 0 Å². The Morgan fingerprint density at radius 2 is 1.03 bits per heavy atom. The smallest absolute Gasteiger partial charge is 0.0606 e. The van der Waals surface area contributed by atoms with Gasteiger partial charge < -0.3 is 27.4 Å². The molecular weight excluding hydrogens is 505 g/mol. The Balaban J connectivity index is 0. The van der Waals surface area contributed by atoms with E-state index in [0.29, 0.717) is 0 Å². The summed E-state index contributed by atoms with van der Waals surface area (Å²) >= 11 is 8.66. The molecule has 0 aliphatic carbocycles. The fourth-order valence-corrected chi connectivity index (χ4v) is 3.79. The van der Waals surface area contributed by atoms with Gasteiger partial charge in [-0.2, -0.15) is 25.3 Å². The average Bonchev–Trinajstić information content (AvgIpc) is 2.70. The molecule has 0 bridgehead atoms. The lowest BCUT2D eigenvalue weighted by Crippen LogP contribution is -2.21. The number of nitrogens with one attached hydrogen (secondary N) is 3. The van der Waals surface area contributed by atoms with Gasteiger partial charge in [0.2, 0.25) is 0 Å². The van der Waals surface area contributed by atoms with Crippen LogP contribution in [0.3, 0.4) is 0 Å². The van der Waals surface area contributed by atoms with E-state index in [1.807, 2.05) is 24.3 Å². The number of para-hydroxylation sites is 2. The Hall–Kier alpha value is -0.830. The van der Waals surface area contributed by atoms with Gasteiger partial charge in [-0.05, 0) is 73.5 Å². The van der Waals surface area contributed by atoms with Crippen LogP contribution in [0.5, 0.6) is 0 Å². The van der Waals surface area contributed by atoms with Gasteiger partial charge >= 0.3 is 0 Å². The highest BCUT2D eigenvalue weighted by Gasteiger charge is 2.06. The molecule has 5 nitrogen and oxygen atoms in total. The molecule has 0 spiro atoms. The zero-order valence-electron chi connectivity index (χ0n) is 18.3. The number of benzene rings is 2. The Kier molecular flexibility index (Phi) is 20.4. The van der Waals surface area contributed by atoms with Crippen molar-refractivity contribution in [3.63, 3.8) is 0 Å². The highest BCUT2D eigenvalue weighted by molar-refractivity contribution is 7.80. The summed E-state index contributed by atoms with van der Waals surface area (Å²) in [6.07, 6.45) is 3.92. The van der Waals surface area contributed by atoms with Gasteiger partial charge in [0.05, 0.1) is 22.7 Å². The third-order valence-electron chi connectivity index (χ3n) is 4.79. The summed E-state index contributed by atoms with van der Waals surface area (Å²) in [7, 11) is 0. The summed E-state index contributed by atoms with van der Waals surface area (Å²) in [4.78, 5) is 0. The van der Waals surface area contributed by atoms with E-state index in [0.717, 1.165) is 86.1 Å². The van der Waals surface area contributed by atoms with Crippen LogP contribution in [0, 0.1) is 0 Å². The number of halogens is 3. The number of rotatable bonds is 14. The molecule has 0 saturated heterocycles. The predicted molar refractivity (Wildman–Crippen MR) is 158 cm³/mol. The summed E-state index contributed by atoms with van der Waals surface area (Å²) in [6, 6.07) is 12.1. The van der Waals surface area contributed by atoms with Crippen LogP contribution in [-0.4, -0.2) is 37.7 Å². The van der Waals surface area contributed by atoms with E-state index in [9.17, 15) is 0 Å². The SMILES string of the molecule is Cl.Cl.Cl.Nc1cccc(CCS)c1NCCCNCCCNc1c(N)cccc1CCS. The molecule has 2 rings (SSSR count). The van der Waals surface area contributed by atoms with Crippen LogP contribution in [0.1, 0.15) is 24.0 Å². The van der Waals surface area contributed by atoms with E-state index in [1.54, 1.807) is 0 Å². The standard InChI is InChI=1S/C22H35N5S2.3ClH/c23-19-7-1-5-17(9-15-28)21(19)26-13-3-11-25-12-4-14-27-22-18(10-16-29)6-2-8-20(22)24;;;/h1-2,5-8,25-29H,3-4,9-16,23-24H2;3*1H. The first-order chi connectivity index (χ1) is 14.2. The Morgan fingerprint density at radius 3 is 1.41 bits per heavy atom. The fraction of sp³-hybridized carbons (Fsp3) is 0.455. The molecule has 0 aromatic heterocycles. The van der Waals surface area contributed by atoms with Gasteiger partial charge in [0.25, 0.3) is 0 Å². The molecule has 0 unspecified atom stereocenters. The molecule has 0 saturated carbocycles. The van der Waals surface area contributed by atoms with Crippen molar-refractivity contribution in [2.75, 3.05) is 59.8 Å². The summed E-state index contributed by atoms with van der Waals surface area (Å²) < 4.78 is 0. The first-order valence-corrected chi connectivity index (χ1v) is 11.6. The third-order valence-corrected chi connectivity index (χ3v) is 5.24. The number of thiol groups is 2. The lowest BCUT2D eigenvalue weighted by molar-refractivity contribution is 0.642. The summed E-state index contributed by atoms with van der Waals surface area (Å²) in [5, 5.41) is 10.5. The van der Waals surface area contributed by atoms with Gasteiger partial charge in [-0.15, -0.1) is 37.2 Å². The highest BCUT2D eigenvalue weighted by Crippen LogP contribution is 2.25. The van der Waals surface area contributed by atoms with Crippen molar-refractivity contribution in [3.05, 3.63) is 47.5 Å². The Labute approximate surface area is 222 Å². The molecule has 2 aromatic carbocycles. The van der Waals surface area contributed by atoms with Gasteiger partial charge in [0.1, 0.15) is 0 Å². The molecular formula is C22H38Cl3N5S2. The normalized spacial score (nSPS) is 9.81. The van der Waals surface area contributed by atoms with Crippen molar-refractivity contribution in [2.24, 2.45) is 0 Å². The third kappa shape index (κ3) is 11.3. The molecule has 0 aliphatic rings. The first-order valence-electron chi connectivity index (χ1n) is 10.3. The maximum Gasteiger partial charge on any atom is 0.0606 e. The van der Waals surface area contributed by atoms with Crippen LogP contribution in [0.25, 0.3) is 0 Å². The molecule has 184 valence electrons. The Morgan fingerprint density at radius 1 is 0.625 bits per heavy atom. The van der Waals surface area contributed by atoms with Crippen LogP contribution in [0.2, 0.25) is 0 Å². The van der Waals surface area contributed by atoms with E-state index in [1.165, 1.54) is 11.1 Å². The van der Waals surface area contributed by atoms with Crippen LogP contribution in [0.15, 0.2) is 36.4 Å². The van der Waals surface area contributed by atoms with Gasteiger partial charge in [-0.1, -0.05) is 24.3 Å². The van der Waals surface area contributed by atoms with Crippen molar-refractivity contribution in [2.45, 2.75) is 25.7 Å². The van der Waals surface area contributed by atoms with Gasteiger partial charge in [-0.25, -0.2) is 0 Å². The number of aryl methyl sites for hydroxylation is 2. The maximum absolute atomic E-state index is 6.11. The molecule has 0 amide bonds. The molecule has 0 fully saturated rings. The number of nitrogen functional groups attached to an aromatic ring is 2. The van der Waals surface area contributed by atoms with Crippen molar-refractivity contribution < 1.29 is 0 Å². The first kappa shape index (κ1) is 33.3. The number of hydrogen-bond donors (Lipinski definition) is 7. The number of hydrogen-bond acceptors (Lipinski definition) is 7. The second-order valence-corrected chi connectivity index (χ2v) is 7.92. The minimum absolute atomic E-state index is 0. The zero-order chi connectivity index (χ0) is 20.9. The topological polar surface area (TPSA) is 88.1 Å². The minimum Gasteiger partial charge on any atom is -0.397 e. The lowest BCUT2D eigenvalue weighted by Gasteiger charge is -2.15. The molecule has 0 atom stereocenters. The van der Waals surface area contributed by atoms with Crippen molar-refractivity contribution in [1.82, 2.24) is 5.32 Å². The zero-order valence-corrected chi connectivity index (χ0v) is 22.5. The maximum atomic E-state index is 6.11. The second kappa shape index (κ2) is 19.6. The van der Waals surface area contributed by atoms with E-state index < -0.39 is 0 Å². The quantitative estimate of drug-likeness (QED) is 0.104. The molecule has 0 aliphatic heterocycles. The van der Waals surface area contributed by atoms with Crippen molar-refractivity contribution >= 4 is 85.2 Å². The van der Waals surface area contributed by atoms with Crippen LogP contribution >= 0.6 is 62.5 Å². The van der Waals surface area contributed by atoms with Crippen LogP contribution < -0.4 is 27.4 Å². The van der Waals surface area contributed by atoms with Gasteiger partial charge in [0, 0.05) is 13.1 Å². The second-order valence-electron chi connectivity index (χ2n) is 7.02. The molecule has 0 heterocycles. The molecule has 10 heteroatoms. The fourth-order valence-electron chi connectivity index (χ4n) is 3.31. The molecule has 0 radical (unpaired) electrons. The number of anilines is 4. The van der Waals surface area contributed by atoms with E-state index >= 15 is 0 Å². The Bertz CT molecular complexity index is 692.